The Bertz CT molecular complexity index is 1150. The molecule has 0 saturated carbocycles. The van der Waals surface area contributed by atoms with E-state index < -0.39 is 0 Å². The van der Waals surface area contributed by atoms with Crippen molar-refractivity contribution in [1.29, 1.82) is 0 Å². The van der Waals surface area contributed by atoms with Crippen molar-refractivity contribution in [2.45, 2.75) is 13.5 Å². The van der Waals surface area contributed by atoms with Crippen LogP contribution in [0.3, 0.4) is 0 Å². The molecule has 30 heavy (non-hydrogen) atoms. The molecule has 1 heterocycles. The predicted molar refractivity (Wildman–Crippen MR) is 120 cm³/mol. The Balaban J connectivity index is 1.46. The maximum atomic E-state index is 12.7. The second-order valence-corrected chi connectivity index (χ2v) is 8.06. The number of halogens is 1. The summed E-state index contributed by atoms with van der Waals surface area (Å²) in [7, 11) is 1.80. The van der Waals surface area contributed by atoms with Gasteiger partial charge in [0.25, 0.3) is 5.91 Å². The highest BCUT2D eigenvalue weighted by atomic mass is 79.9. The first-order valence-corrected chi connectivity index (χ1v) is 10.3. The molecule has 150 valence electrons. The molecule has 0 radical (unpaired) electrons. The van der Waals surface area contributed by atoms with Crippen LogP contribution in [0.2, 0.25) is 0 Å². The van der Waals surface area contributed by atoms with Gasteiger partial charge in [-0.05, 0) is 61.0 Å². The topological polar surface area (TPSA) is 59.2 Å². The minimum absolute atomic E-state index is 0.0460. The molecule has 0 aliphatic rings. The Morgan fingerprint density at radius 2 is 1.40 bits per heavy atom. The third-order valence-corrected chi connectivity index (χ3v) is 5.31. The van der Waals surface area contributed by atoms with Crippen LogP contribution in [0.1, 0.15) is 21.5 Å². The van der Waals surface area contributed by atoms with E-state index in [1.165, 1.54) is 5.56 Å². The van der Waals surface area contributed by atoms with E-state index in [0.29, 0.717) is 23.9 Å². The van der Waals surface area contributed by atoms with Gasteiger partial charge in [0.2, 0.25) is 11.8 Å². The summed E-state index contributed by atoms with van der Waals surface area (Å²) >= 11 is 3.42. The van der Waals surface area contributed by atoms with Gasteiger partial charge < -0.3 is 9.32 Å². The van der Waals surface area contributed by atoms with Gasteiger partial charge in [-0.15, -0.1) is 10.2 Å². The molecular formula is C24H20BrN3O2. The quantitative estimate of drug-likeness (QED) is 0.379. The zero-order chi connectivity index (χ0) is 21.1. The summed E-state index contributed by atoms with van der Waals surface area (Å²) in [4.78, 5) is 14.4. The first kappa shape index (κ1) is 20.0. The van der Waals surface area contributed by atoms with Crippen molar-refractivity contribution in [2.24, 2.45) is 0 Å². The molecule has 0 spiro atoms. The minimum atomic E-state index is -0.0460. The van der Waals surface area contributed by atoms with Gasteiger partial charge in [-0.3, -0.25) is 4.79 Å². The summed E-state index contributed by atoms with van der Waals surface area (Å²) in [6.07, 6.45) is 0. The van der Waals surface area contributed by atoms with Gasteiger partial charge in [0.05, 0.1) is 0 Å². The molecule has 1 amide bonds. The number of amides is 1. The Labute approximate surface area is 183 Å². The first-order valence-electron chi connectivity index (χ1n) is 9.50. The summed E-state index contributed by atoms with van der Waals surface area (Å²) in [5, 5.41) is 8.28. The molecule has 0 N–H and O–H groups in total. The maximum Gasteiger partial charge on any atom is 0.253 e. The van der Waals surface area contributed by atoms with Gasteiger partial charge in [0.15, 0.2) is 0 Å². The Kier molecular flexibility index (Phi) is 5.77. The van der Waals surface area contributed by atoms with Gasteiger partial charge in [-0.1, -0.05) is 45.8 Å². The van der Waals surface area contributed by atoms with E-state index in [4.69, 9.17) is 4.42 Å². The molecule has 0 aliphatic heterocycles. The SMILES string of the molecule is Cc1ccc(-c2nnc(-c3ccc(C(=O)N(C)Cc4ccc(Br)cc4)cc3)o2)cc1. The fraction of sp³-hybridized carbons (Fsp3) is 0.125. The van der Waals surface area contributed by atoms with Crippen LogP contribution in [-0.4, -0.2) is 28.1 Å². The normalized spacial score (nSPS) is 10.8. The Hall–Kier alpha value is -3.25. The molecule has 0 atom stereocenters. The fourth-order valence-electron chi connectivity index (χ4n) is 3.06. The van der Waals surface area contributed by atoms with Crippen LogP contribution >= 0.6 is 15.9 Å². The van der Waals surface area contributed by atoms with Crippen molar-refractivity contribution >= 4 is 21.8 Å². The molecule has 3 aromatic carbocycles. The summed E-state index contributed by atoms with van der Waals surface area (Å²) in [6, 6.07) is 23.1. The van der Waals surface area contributed by atoms with Crippen LogP contribution in [0.4, 0.5) is 0 Å². The van der Waals surface area contributed by atoms with Crippen molar-refractivity contribution in [2.75, 3.05) is 7.05 Å². The van der Waals surface area contributed by atoms with Crippen LogP contribution in [-0.2, 0) is 6.54 Å². The number of benzene rings is 3. The lowest BCUT2D eigenvalue weighted by molar-refractivity contribution is 0.0785. The number of hydrogen-bond acceptors (Lipinski definition) is 4. The van der Waals surface area contributed by atoms with Crippen molar-refractivity contribution in [3.63, 3.8) is 0 Å². The summed E-state index contributed by atoms with van der Waals surface area (Å²) in [5.74, 6) is 0.850. The van der Waals surface area contributed by atoms with E-state index >= 15 is 0 Å². The van der Waals surface area contributed by atoms with Gasteiger partial charge >= 0.3 is 0 Å². The van der Waals surface area contributed by atoms with Gasteiger partial charge in [-0.25, -0.2) is 0 Å². The van der Waals surface area contributed by atoms with Crippen LogP contribution < -0.4 is 0 Å². The van der Waals surface area contributed by atoms with Gasteiger partial charge in [0.1, 0.15) is 0 Å². The fourth-order valence-corrected chi connectivity index (χ4v) is 3.33. The van der Waals surface area contributed by atoms with Crippen LogP contribution in [0.5, 0.6) is 0 Å². The lowest BCUT2D eigenvalue weighted by Crippen LogP contribution is -2.26. The van der Waals surface area contributed by atoms with Gasteiger partial charge in [0, 0.05) is 34.8 Å². The Morgan fingerprint density at radius 1 is 0.867 bits per heavy atom. The van der Waals surface area contributed by atoms with Crippen LogP contribution in [0.25, 0.3) is 22.9 Å². The van der Waals surface area contributed by atoms with E-state index in [1.54, 1.807) is 24.1 Å². The molecule has 0 unspecified atom stereocenters. The molecule has 6 heteroatoms. The zero-order valence-corrected chi connectivity index (χ0v) is 18.3. The van der Waals surface area contributed by atoms with E-state index in [-0.39, 0.29) is 5.91 Å². The highest BCUT2D eigenvalue weighted by molar-refractivity contribution is 9.10. The number of carbonyl (C=O) groups excluding carboxylic acids is 1. The van der Waals surface area contributed by atoms with Gasteiger partial charge in [-0.2, -0.15) is 0 Å². The molecule has 0 bridgehead atoms. The number of hydrogen-bond donors (Lipinski definition) is 0. The van der Waals surface area contributed by atoms with Crippen molar-refractivity contribution in [3.05, 3.63) is 94.0 Å². The number of nitrogens with zero attached hydrogens (tertiary/aromatic N) is 3. The number of rotatable bonds is 5. The van der Waals surface area contributed by atoms with E-state index in [9.17, 15) is 4.79 Å². The number of aryl methyl sites for hydroxylation is 1. The maximum absolute atomic E-state index is 12.7. The third kappa shape index (κ3) is 4.49. The second kappa shape index (κ2) is 8.63. The smallest absolute Gasteiger partial charge is 0.253 e. The first-order chi connectivity index (χ1) is 14.5. The highest BCUT2D eigenvalue weighted by Gasteiger charge is 2.14. The molecule has 4 aromatic rings. The van der Waals surface area contributed by atoms with Crippen LogP contribution in [0, 0.1) is 6.92 Å². The summed E-state index contributed by atoms with van der Waals surface area (Å²) in [5.41, 5.74) is 4.49. The lowest BCUT2D eigenvalue weighted by atomic mass is 10.1. The van der Waals surface area contributed by atoms with Crippen molar-refractivity contribution in [3.8, 4) is 22.9 Å². The van der Waals surface area contributed by atoms with Crippen LogP contribution in [0.15, 0.2) is 81.7 Å². The largest absolute Gasteiger partial charge is 0.416 e. The average molecular weight is 462 g/mol. The highest BCUT2D eigenvalue weighted by Crippen LogP contribution is 2.24. The monoisotopic (exact) mass is 461 g/mol. The molecule has 4 rings (SSSR count). The van der Waals surface area contributed by atoms with Crippen molar-refractivity contribution in [1.82, 2.24) is 15.1 Å². The Morgan fingerprint density at radius 3 is 1.97 bits per heavy atom. The van der Waals surface area contributed by atoms with E-state index in [1.807, 2.05) is 67.6 Å². The molecule has 0 fully saturated rings. The second-order valence-electron chi connectivity index (χ2n) is 7.14. The predicted octanol–water partition coefficient (Wildman–Crippen LogP) is 5.75. The molecule has 5 nitrogen and oxygen atoms in total. The molecule has 0 saturated heterocycles. The third-order valence-electron chi connectivity index (χ3n) is 4.78. The number of carbonyl (C=O) groups is 1. The summed E-state index contributed by atoms with van der Waals surface area (Å²) in [6.45, 7) is 2.57. The van der Waals surface area contributed by atoms with E-state index in [0.717, 1.165) is 21.2 Å². The standard InChI is InChI=1S/C24H20BrN3O2/c1-16-3-7-18(8-4-16)22-26-27-23(30-22)19-9-11-20(12-10-19)24(29)28(2)15-17-5-13-21(25)14-6-17/h3-14H,15H2,1-2H3. The van der Waals surface area contributed by atoms with E-state index in [2.05, 4.69) is 26.1 Å². The van der Waals surface area contributed by atoms with Crippen molar-refractivity contribution < 1.29 is 9.21 Å². The number of aromatic nitrogens is 2. The zero-order valence-electron chi connectivity index (χ0n) is 16.7. The summed E-state index contributed by atoms with van der Waals surface area (Å²) < 4.78 is 6.83. The molecule has 1 aromatic heterocycles. The molecular weight excluding hydrogens is 442 g/mol. The average Bonchev–Trinajstić information content (AvgIpc) is 3.26. The lowest BCUT2D eigenvalue weighted by Gasteiger charge is -2.17. The minimum Gasteiger partial charge on any atom is -0.416 e. The molecule has 0 aliphatic carbocycles.